The summed E-state index contributed by atoms with van der Waals surface area (Å²) in [6, 6.07) is 16.6. The summed E-state index contributed by atoms with van der Waals surface area (Å²) in [7, 11) is -4.38. The lowest BCUT2D eigenvalue weighted by Gasteiger charge is -2.35. The highest BCUT2D eigenvalue weighted by atomic mass is 35.5. The Morgan fingerprint density at radius 3 is 2.05 bits per heavy atom. The molecule has 11 heteroatoms. The Morgan fingerprint density at radius 2 is 1.50 bits per heavy atom. The quantitative estimate of drug-likeness (QED) is 0.304. The minimum Gasteiger partial charge on any atom is -0.350 e. The van der Waals surface area contributed by atoms with Crippen molar-refractivity contribution in [3.05, 3.63) is 94.2 Å². The maximum absolute atomic E-state index is 15.0. The van der Waals surface area contributed by atoms with Crippen molar-refractivity contribution in [1.82, 2.24) is 10.2 Å². The summed E-state index contributed by atoms with van der Waals surface area (Å²) in [5.74, 6) is -2.00. The van der Waals surface area contributed by atoms with E-state index in [0.717, 1.165) is 10.4 Å². The Hall–Kier alpha value is -3.14. The summed E-state index contributed by atoms with van der Waals surface area (Å²) >= 11 is 12.8. The van der Waals surface area contributed by atoms with Crippen LogP contribution >= 0.6 is 23.2 Å². The molecule has 3 aromatic carbocycles. The summed E-state index contributed by atoms with van der Waals surface area (Å²) in [5.41, 5.74) is -0.510. The van der Waals surface area contributed by atoms with Gasteiger partial charge in [-0.25, -0.2) is 12.8 Å². The molecule has 0 saturated carbocycles. The predicted molar refractivity (Wildman–Crippen MR) is 156 cm³/mol. The molecule has 3 aromatic rings. The van der Waals surface area contributed by atoms with Crippen molar-refractivity contribution in [2.75, 3.05) is 10.8 Å². The van der Waals surface area contributed by atoms with Crippen LogP contribution in [0, 0.1) is 5.82 Å². The first kappa shape index (κ1) is 31.4. The number of hydrogen-bond donors (Lipinski definition) is 1. The number of carbonyl (C=O) groups excluding carboxylic acids is 2. The fourth-order valence-electron chi connectivity index (χ4n) is 4.11. The number of hydrogen-bond acceptors (Lipinski definition) is 4. The number of carbonyl (C=O) groups is 2. The third kappa shape index (κ3) is 7.53. The first-order chi connectivity index (χ1) is 18.8. The number of nitrogens with one attached hydrogen (secondary N) is 1. The van der Waals surface area contributed by atoms with Crippen LogP contribution in [0.15, 0.2) is 77.7 Å². The SMILES string of the molecule is CC[C@H](C(=O)NC(C)(C)C)N(Cc1c(Cl)cccc1Cl)C(=O)CN(c1ccccc1F)S(=O)(=O)c1ccccc1. The summed E-state index contributed by atoms with van der Waals surface area (Å²) in [4.78, 5) is 28.5. The number of sulfonamides is 1. The van der Waals surface area contributed by atoms with Gasteiger partial charge in [-0.15, -0.1) is 0 Å². The number of benzene rings is 3. The number of anilines is 1. The lowest BCUT2D eigenvalue weighted by Crippen LogP contribution is -2.55. The van der Waals surface area contributed by atoms with E-state index in [1.165, 1.54) is 47.4 Å². The molecule has 0 radical (unpaired) electrons. The second kappa shape index (κ2) is 13.0. The van der Waals surface area contributed by atoms with Crippen LogP contribution in [0.25, 0.3) is 0 Å². The summed E-state index contributed by atoms with van der Waals surface area (Å²) in [5, 5.41) is 3.43. The highest BCUT2D eigenvalue weighted by Gasteiger charge is 2.35. The molecule has 2 amide bonds. The van der Waals surface area contributed by atoms with Crippen LogP contribution in [0.4, 0.5) is 10.1 Å². The zero-order valence-electron chi connectivity index (χ0n) is 22.7. The Bertz CT molecular complexity index is 1440. The molecule has 3 rings (SSSR count). The molecular formula is C29H32Cl2FN3O4S. The van der Waals surface area contributed by atoms with E-state index in [4.69, 9.17) is 23.2 Å². The maximum Gasteiger partial charge on any atom is 0.264 e. The van der Waals surface area contributed by atoms with Crippen LogP contribution in [-0.4, -0.2) is 43.3 Å². The average molecular weight is 609 g/mol. The summed E-state index contributed by atoms with van der Waals surface area (Å²) < 4.78 is 43.2. The molecule has 0 saturated heterocycles. The maximum atomic E-state index is 15.0. The normalized spacial score (nSPS) is 12.5. The van der Waals surface area contributed by atoms with Crippen molar-refractivity contribution in [2.45, 2.75) is 57.1 Å². The van der Waals surface area contributed by atoms with E-state index in [-0.39, 0.29) is 33.6 Å². The second-order valence-electron chi connectivity index (χ2n) is 10.2. The van der Waals surface area contributed by atoms with E-state index in [2.05, 4.69) is 5.32 Å². The molecule has 0 aliphatic carbocycles. The third-order valence-electron chi connectivity index (χ3n) is 6.01. The molecule has 0 heterocycles. The predicted octanol–water partition coefficient (Wildman–Crippen LogP) is 6.05. The lowest BCUT2D eigenvalue weighted by atomic mass is 10.1. The van der Waals surface area contributed by atoms with Gasteiger partial charge in [-0.1, -0.05) is 66.5 Å². The monoisotopic (exact) mass is 607 g/mol. The van der Waals surface area contributed by atoms with Gasteiger partial charge in [0.25, 0.3) is 10.0 Å². The Morgan fingerprint density at radius 1 is 0.925 bits per heavy atom. The van der Waals surface area contributed by atoms with Crippen molar-refractivity contribution < 1.29 is 22.4 Å². The van der Waals surface area contributed by atoms with E-state index in [0.29, 0.717) is 5.56 Å². The first-order valence-corrected chi connectivity index (χ1v) is 14.8. The fourth-order valence-corrected chi connectivity index (χ4v) is 6.07. The lowest BCUT2D eigenvalue weighted by molar-refractivity contribution is -0.141. The average Bonchev–Trinajstić information content (AvgIpc) is 2.88. The van der Waals surface area contributed by atoms with Crippen molar-refractivity contribution in [3.63, 3.8) is 0 Å². The van der Waals surface area contributed by atoms with Gasteiger partial charge in [-0.2, -0.15) is 0 Å². The van der Waals surface area contributed by atoms with E-state index >= 15 is 0 Å². The van der Waals surface area contributed by atoms with Gasteiger partial charge in [0.2, 0.25) is 11.8 Å². The van der Waals surface area contributed by atoms with E-state index in [1.807, 2.05) is 0 Å². The smallest absolute Gasteiger partial charge is 0.264 e. The molecule has 214 valence electrons. The highest BCUT2D eigenvalue weighted by Crippen LogP contribution is 2.29. The number of amides is 2. The van der Waals surface area contributed by atoms with E-state index in [9.17, 15) is 22.4 Å². The fraction of sp³-hybridized carbons (Fsp3) is 0.310. The minimum atomic E-state index is -4.38. The van der Waals surface area contributed by atoms with Crippen LogP contribution in [0.3, 0.4) is 0 Å². The molecule has 0 aromatic heterocycles. The number of nitrogens with zero attached hydrogens (tertiary/aromatic N) is 2. The van der Waals surface area contributed by atoms with Crippen LogP contribution in [0.5, 0.6) is 0 Å². The van der Waals surface area contributed by atoms with Crippen molar-refractivity contribution in [2.24, 2.45) is 0 Å². The summed E-state index contributed by atoms with van der Waals surface area (Å²) in [6.07, 6.45) is 0.209. The molecule has 0 bridgehead atoms. The van der Waals surface area contributed by atoms with Crippen LogP contribution in [0.1, 0.15) is 39.7 Å². The van der Waals surface area contributed by atoms with Crippen LogP contribution < -0.4 is 9.62 Å². The number of rotatable bonds is 10. The topological polar surface area (TPSA) is 86.8 Å². The van der Waals surface area contributed by atoms with Crippen LogP contribution in [0.2, 0.25) is 10.0 Å². The highest BCUT2D eigenvalue weighted by molar-refractivity contribution is 7.92. The Balaban J connectivity index is 2.12. The van der Waals surface area contributed by atoms with Crippen molar-refractivity contribution >= 4 is 50.7 Å². The standard InChI is InChI=1S/C29H32Cl2FN3O4S/c1-5-25(28(37)33-29(2,3)4)34(18-21-22(30)14-11-15-23(21)31)27(36)19-35(26-17-10-9-16-24(26)32)40(38,39)20-12-7-6-8-13-20/h6-17,25H,5,18-19H2,1-4H3,(H,33,37)/t25-/m1/s1. The third-order valence-corrected chi connectivity index (χ3v) is 8.49. The van der Waals surface area contributed by atoms with Crippen LogP contribution in [-0.2, 0) is 26.2 Å². The van der Waals surface area contributed by atoms with Gasteiger partial charge in [0.15, 0.2) is 0 Å². The van der Waals surface area contributed by atoms with Gasteiger partial charge < -0.3 is 10.2 Å². The van der Waals surface area contributed by atoms with Gasteiger partial charge in [-0.05, 0) is 63.6 Å². The Kier molecular flexibility index (Phi) is 10.2. The van der Waals surface area contributed by atoms with E-state index in [1.54, 1.807) is 52.0 Å². The second-order valence-corrected chi connectivity index (χ2v) is 12.8. The van der Waals surface area contributed by atoms with Gasteiger partial charge in [0, 0.05) is 27.7 Å². The number of para-hydroxylation sites is 1. The van der Waals surface area contributed by atoms with Gasteiger partial charge in [-0.3, -0.25) is 13.9 Å². The van der Waals surface area contributed by atoms with Gasteiger partial charge >= 0.3 is 0 Å². The molecule has 1 N–H and O–H groups in total. The molecule has 40 heavy (non-hydrogen) atoms. The van der Waals surface area contributed by atoms with E-state index < -0.39 is 45.8 Å². The number of halogens is 3. The molecule has 1 atom stereocenters. The zero-order chi connectivity index (χ0) is 29.7. The molecule has 0 fully saturated rings. The molecular weight excluding hydrogens is 576 g/mol. The molecule has 7 nitrogen and oxygen atoms in total. The molecule has 0 aliphatic heterocycles. The Labute approximate surface area is 244 Å². The molecule has 0 unspecified atom stereocenters. The van der Waals surface area contributed by atoms with Gasteiger partial charge in [0.1, 0.15) is 18.4 Å². The minimum absolute atomic E-state index is 0.121. The molecule has 0 spiro atoms. The van der Waals surface area contributed by atoms with Gasteiger partial charge in [0.05, 0.1) is 10.6 Å². The first-order valence-electron chi connectivity index (χ1n) is 12.6. The largest absolute Gasteiger partial charge is 0.350 e. The van der Waals surface area contributed by atoms with Crippen molar-refractivity contribution in [3.8, 4) is 0 Å². The molecule has 0 aliphatic rings. The summed E-state index contributed by atoms with van der Waals surface area (Å²) in [6.45, 7) is 6.20. The van der Waals surface area contributed by atoms with Crippen molar-refractivity contribution in [1.29, 1.82) is 0 Å². The zero-order valence-corrected chi connectivity index (χ0v) is 25.0.